The molecule has 0 bridgehead atoms. The number of aromatic nitrogens is 3. The number of anilines is 1. The Balaban J connectivity index is 1.47. The van der Waals surface area contributed by atoms with Gasteiger partial charge in [-0.1, -0.05) is 65.9 Å². The molecule has 5 rings (SSSR count). The second kappa shape index (κ2) is 8.95. The van der Waals surface area contributed by atoms with Crippen molar-refractivity contribution in [2.75, 3.05) is 4.90 Å². The number of rotatable bonds is 7. The fourth-order valence-electron chi connectivity index (χ4n) is 4.73. The Labute approximate surface area is 197 Å². The van der Waals surface area contributed by atoms with Gasteiger partial charge < -0.3 is 4.90 Å². The number of amides is 1. The van der Waals surface area contributed by atoms with E-state index in [-0.39, 0.29) is 18.1 Å². The van der Waals surface area contributed by atoms with Crippen molar-refractivity contribution < 1.29 is 9.18 Å². The summed E-state index contributed by atoms with van der Waals surface area (Å²) >= 11 is 0. The van der Waals surface area contributed by atoms with Crippen molar-refractivity contribution in [1.82, 2.24) is 15.0 Å². The zero-order valence-electron chi connectivity index (χ0n) is 18.6. The van der Waals surface area contributed by atoms with Crippen molar-refractivity contribution in [2.24, 2.45) is 0 Å². The van der Waals surface area contributed by atoms with E-state index >= 15 is 0 Å². The van der Waals surface area contributed by atoms with Crippen molar-refractivity contribution in [2.45, 2.75) is 31.3 Å². The summed E-state index contributed by atoms with van der Waals surface area (Å²) in [7, 11) is 0. The lowest BCUT2D eigenvalue weighted by atomic mass is 9.75. The Kier molecular flexibility index (Phi) is 5.69. The van der Waals surface area contributed by atoms with Gasteiger partial charge in [-0.05, 0) is 34.9 Å². The summed E-state index contributed by atoms with van der Waals surface area (Å²) in [6, 6.07) is 24.1. The van der Waals surface area contributed by atoms with Crippen LogP contribution in [-0.4, -0.2) is 20.9 Å². The van der Waals surface area contributed by atoms with E-state index in [0.29, 0.717) is 25.2 Å². The average Bonchev–Trinajstić information content (AvgIpc) is 3.37. The molecule has 34 heavy (non-hydrogen) atoms. The molecule has 1 aliphatic rings. The van der Waals surface area contributed by atoms with Crippen LogP contribution in [0.1, 0.15) is 28.8 Å². The molecule has 3 aromatic carbocycles. The van der Waals surface area contributed by atoms with Gasteiger partial charge in [0.25, 0.3) is 0 Å². The first-order valence-electron chi connectivity index (χ1n) is 11.1. The van der Waals surface area contributed by atoms with Crippen molar-refractivity contribution in [3.05, 3.63) is 113 Å². The monoisotopic (exact) mass is 450 g/mol. The van der Waals surface area contributed by atoms with Crippen LogP contribution >= 0.6 is 0 Å². The Morgan fingerprint density at radius 1 is 0.941 bits per heavy atom. The number of carbonyl (C=O) groups excluding carboxylic acids is 1. The number of fused-ring (bicyclic) bond motifs is 1. The minimum Gasteiger partial charge on any atom is -0.307 e. The molecular formula is C28H23FN4O. The maximum atomic E-state index is 14.0. The topological polar surface area (TPSA) is 51.0 Å². The highest BCUT2D eigenvalue weighted by Crippen LogP contribution is 2.46. The molecule has 4 aromatic rings. The van der Waals surface area contributed by atoms with Crippen LogP contribution in [0.5, 0.6) is 0 Å². The standard InChI is InChI=1S/C28H23FN4O/c1-2-15-28(17-24-20-32(31-30-24)18-22-11-8-12-23(29)16-22)25-13-6-7-14-26(25)33(27(28)34)19-21-9-4-3-5-10-21/h1,3-14,16,20H,15,17-19H2/t28-/m0/s1. The Morgan fingerprint density at radius 2 is 1.71 bits per heavy atom. The van der Waals surface area contributed by atoms with Crippen LogP contribution in [0, 0.1) is 18.2 Å². The number of halogens is 1. The quantitative estimate of drug-likeness (QED) is 0.389. The van der Waals surface area contributed by atoms with Gasteiger partial charge in [-0.15, -0.1) is 17.4 Å². The Morgan fingerprint density at radius 3 is 2.50 bits per heavy atom. The second-order valence-electron chi connectivity index (χ2n) is 8.57. The molecule has 0 aliphatic carbocycles. The maximum absolute atomic E-state index is 14.0. The summed E-state index contributed by atoms with van der Waals surface area (Å²) in [5.74, 6) is 2.41. The first-order valence-corrected chi connectivity index (χ1v) is 11.1. The smallest absolute Gasteiger partial charge is 0.239 e. The molecule has 1 atom stereocenters. The SMILES string of the molecule is C#CC[C@@]1(Cc2cn(Cc3cccc(F)c3)nn2)C(=O)N(Cc2ccccc2)c2ccccc21. The fourth-order valence-corrected chi connectivity index (χ4v) is 4.73. The van der Waals surface area contributed by atoms with E-state index in [4.69, 9.17) is 6.42 Å². The van der Waals surface area contributed by atoms with Crippen LogP contribution in [0.4, 0.5) is 10.1 Å². The van der Waals surface area contributed by atoms with Gasteiger partial charge in [0.05, 0.1) is 24.2 Å². The summed E-state index contributed by atoms with van der Waals surface area (Å²) in [6.07, 6.45) is 8.18. The van der Waals surface area contributed by atoms with Crippen LogP contribution in [0.25, 0.3) is 0 Å². The first kappa shape index (κ1) is 21.6. The predicted octanol–water partition coefficient (Wildman–Crippen LogP) is 4.52. The van der Waals surface area contributed by atoms with Crippen LogP contribution in [0.3, 0.4) is 0 Å². The number of nitrogens with zero attached hydrogens (tertiary/aromatic N) is 4. The molecule has 0 N–H and O–H groups in total. The van der Waals surface area contributed by atoms with E-state index in [2.05, 4.69) is 16.2 Å². The van der Waals surface area contributed by atoms with Crippen LogP contribution < -0.4 is 4.90 Å². The molecule has 6 heteroatoms. The largest absolute Gasteiger partial charge is 0.307 e. The molecule has 5 nitrogen and oxygen atoms in total. The highest BCUT2D eigenvalue weighted by molar-refractivity contribution is 6.08. The van der Waals surface area contributed by atoms with Crippen molar-refractivity contribution >= 4 is 11.6 Å². The number of benzene rings is 3. The third-order valence-corrected chi connectivity index (χ3v) is 6.25. The van der Waals surface area contributed by atoms with Gasteiger partial charge in [-0.25, -0.2) is 9.07 Å². The first-order chi connectivity index (χ1) is 16.6. The summed E-state index contributed by atoms with van der Waals surface area (Å²) in [4.78, 5) is 15.8. The molecule has 1 aromatic heterocycles. The van der Waals surface area contributed by atoms with Gasteiger partial charge in [-0.2, -0.15) is 0 Å². The summed E-state index contributed by atoms with van der Waals surface area (Å²) in [5.41, 5.74) is 3.36. The lowest BCUT2D eigenvalue weighted by molar-refractivity contribution is -0.123. The highest BCUT2D eigenvalue weighted by Gasteiger charge is 2.50. The van der Waals surface area contributed by atoms with E-state index in [9.17, 15) is 9.18 Å². The summed E-state index contributed by atoms with van der Waals surface area (Å²) in [5, 5.41) is 8.53. The van der Waals surface area contributed by atoms with E-state index in [1.54, 1.807) is 16.9 Å². The van der Waals surface area contributed by atoms with E-state index in [0.717, 1.165) is 22.4 Å². The van der Waals surface area contributed by atoms with Crippen LogP contribution in [-0.2, 0) is 29.7 Å². The molecule has 1 aliphatic heterocycles. The van der Waals surface area contributed by atoms with Crippen LogP contribution in [0.15, 0.2) is 85.1 Å². The number of hydrogen-bond donors (Lipinski definition) is 0. The van der Waals surface area contributed by atoms with Gasteiger partial charge >= 0.3 is 0 Å². The third-order valence-electron chi connectivity index (χ3n) is 6.25. The predicted molar refractivity (Wildman–Crippen MR) is 128 cm³/mol. The summed E-state index contributed by atoms with van der Waals surface area (Å²) in [6.45, 7) is 0.854. The van der Waals surface area contributed by atoms with E-state index < -0.39 is 5.41 Å². The average molecular weight is 451 g/mol. The van der Waals surface area contributed by atoms with Gasteiger partial charge in [0.15, 0.2) is 0 Å². The van der Waals surface area contributed by atoms with Crippen molar-refractivity contribution in [1.29, 1.82) is 0 Å². The van der Waals surface area contributed by atoms with Gasteiger partial charge in [0, 0.05) is 24.7 Å². The van der Waals surface area contributed by atoms with Crippen molar-refractivity contribution in [3.8, 4) is 12.3 Å². The van der Waals surface area contributed by atoms with Gasteiger partial charge in [0.2, 0.25) is 5.91 Å². The number of terminal acetylenes is 1. The molecule has 0 saturated heterocycles. The zero-order chi connectivity index (χ0) is 23.5. The molecule has 1 amide bonds. The zero-order valence-corrected chi connectivity index (χ0v) is 18.6. The second-order valence-corrected chi connectivity index (χ2v) is 8.57. The normalized spacial score (nSPS) is 16.9. The van der Waals surface area contributed by atoms with Crippen LogP contribution in [0.2, 0.25) is 0 Å². The Bertz CT molecular complexity index is 1370. The number of hydrogen-bond acceptors (Lipinski definition) is 3. The van der Waals surface area contributed by atoms with E-state index in [1.165, 1.54) is 12.1 Å². The molecular weight excluding hydrogens is 427 g/mol. The summed E-state index contributed by atoms with van der Waals surface area (Å²) < 4.78 is 15.2. The number of para-hydroxylation sites is 1. The van der Waals surface area contributed by atoms with Gasteiger partial charge in [0.1, 0.15) is 5.82 Å². The molecule has 0 radical (unpaired) electrons. The highest BCUT2D eigenvalue weighted by atomic mass is 19.1. The lowest BCUT2D eigenvalue weighted by Crippen LogP contribution is -2.41. The number of carbonyl (C=O) groups is 1. The molecule has 0 spiro atoms. The minimum atomic E-state index is -0.917. The maximum Gasteiger partial charge on any atom is 0.239 e. The molecule has 0 unspecified atom stereocenters. The lowest BCUT2D eigenvalue weighted by Gasteiger charge is -2.26. The molecule has 168 valence electrons. The van der Waals surface area contributed by atoms with Gasteiger partial charge in [-0.3, -0.25) is 4.79 Å². The Hall–Kier alpha value is -4.24. The molecule has 2 heterocycles. The minimum absolute atomic E-state index is 0.0322. The van der Waals surface area contributed by atoms with Crippen molar-refractivity contribution in [3.63, 3.8) is 0 Å². The fraction of sp³-hybridized carbons (Fsp3) is 0.179. The van der Waals surface area contributed by atoms with E-state index in [1.807, 2.05) is 65.6 Å². The third kappa shape index (κ3) is 3.97. The molecule has 0 saturated carbocycles. The molecule has 0 fully saturated rings.